The number of likely N-dealkylation sites (N-methyl/N-ethyl adjacent to an activating group) is 1. The van der Waals surface area contributed by atoms with Gasteiger partial charge in [-0.15, -0.1) is 11.3 Å². The minimum atomic E-state index is -0.123. The summed E-state index contributed by atoms with van der Waals surface area (Å²) in [7, 11) is 0. The van der Waals surface area contributed by atoms with Crippen molar-refractivity contribution in [3.63, 3.8) is 0 Å². The van der Waals surface area contributed by atoms with Crippen LogP contribution in [0.4, 0.5) is 5.82 Å². The van der Waals surface area contributed by atoms with Crippen molar-refractivity contribution in [2.24, 2.45) is 0 Å². The van der Waals surface area contributed by atoms with E-state index in [-0.39, 0.29) is 11.9 Å². The molecule has 0 aliphatic carbocycles. The van der Waals surface area contributed by atoms with Crippen molar-refractivity contribution in [1.29, 1.82) is 0 Å². The van der Waals surface area contributed by atoms with Gasteiger partial charge in [-0.05, 0) is 49.7 Å². The summed E-state index contributed by atoms with van der Waals surface area (Å²) in [6.07, 6.45) is 3.68. The van der Waals surface area contributed by atoms with Crippen LogP contribution in [-0.2, 0) is 4.74 Å². The van der Waals surface area contributed by atoms with Gasteiger partial charge in [-0.1, -0.05) is 19.9 Å². The molecule has 11 heteroatoms. The molecule has 1 fully saturated rings. The molecule has 4 aromatic heterocycles. The lowest BCUT2D eigenvalue weighted by atomic mass is 10.1. The highest BCUT2D eigenvalue weighted by atomic mass is 32.1. The Bertz CT molecular complexity index is 1400. The summed E-state index contributed by atoms with van der Waals surface area (Å²) in [6.45, 7) is 13.8. The lowest BCUT2D eigenvalue weighted by molar-refractivity contribution is 0.0398. The number of amides is 1. The van der Waals surface area contributed by atoms with Gasteiger partial charge in [0, 0.05) is 50.5 Å². The van der Waals surface area contributed by atoms with Crippen molar-refractivity contribution < 1.29 is 9.53 Å². The summed E-state index contributed by atoms with van der Waals surface area (Å²) in [5, 5.41) is 13.1. The minimum absolute atomic E-state index is 0.123. The van der Waals surface area contributed by atoms with E-state index in [0.717, 1.165) is 62.1 Å². The molecular formula is C29H38N8O2S. The molecule has 0 spiro atoms. The van der Waals surface area contributed by atoms with Gasteiger partial charge >= 0.3 is 0 Å². The fraction of sp³-hybridized carbons (Fsp3) is 0.448. The lowest BCUT2D eigenvalue weighted by Gasteiger charge is -2.26. The third kappa shape index (κ3) is 6.67. The van der Waals surface area contributed by atoms with Crippen molar-refractivity contribution in [3.8, 4) is 21.8 Å². The van der Waals surface area contributed by atoms with Crippen molar-refractivity contribution in [1.82, 2.24) is 34.7 Å². The Labute approximate surface area is 239 Å². The fourth-order valence-electron chi connectivity index (χ4n) is 4.99. The Balaban J connectivity index is 1.42. The molecule has 4 aromatic rings. The third-order valence-electron chi connectivity index (χ3n) is 7.34. The van der Waals surface area contributed by atoms with Gasteiger partial charge < -0.3 is 15.4 Å². The molecule has 0 unspecified atom stereocenters. The van der Waals surface area contributed by atoms with Crippen LogP contribution in [-0.4, -0.2) is 100 Å². The molecule has 0 saturated carbocycles. The largest absolute Gasteiger partial charge is 0.379 e. The zero-order valence-corrected chi connectivity index (χ0v) is 24.3. The predicted molar refractivity (Wildman–Crippen MR) is 160 cm³/mol. The number of aromatic nitrogens is 4. The summed E-state index contributed by atoms with van der Waals surface area (Å²) < 4.78 is 7.21. The molecule has 1 saturated heterocycles. The molecule has 5 heterocycles. The second-order valence-electron chi connectivity index (χ2n) is 9.90. The standard InChI is InChI=1S/C29H38N8O2S/c1-4-36(5-2)21(3)19-31-29(38)22-17-25(33-27(18-22)30-9-11-35-12-14-39-15-13-35)23-20-32-37-10-8-24(34-28(23)37)26-7-6-16-40-26/h6-8,10,16-18,20-21H,4-5,9,11-15,19H2,1-3H3,(H,30,33)(H,31,38)/t21-/m0/s1. The van der Waals surface area contributed by atoms with E-state index in [2.05, 4.69) is 52.4 Å². The van der Waals surface area contributed by atoms with Crippen molar-refractivity contribution in [2.75, 3.05) is 64.3 Å². The Kier molecular flexibility index (Phi) is 9.38. The molecule has 0 bridgehead atoms. The third-order valence-corrected chi connectivity index (χ3v) is 8.23. The van der Waals surface area contributed by atoms with E-state index in [1.807, 2.05) is 35.8 Å². The normalized spacial score (nSPS) is 15.0. The van der Waals surface area contributed by atoms with Gasteiger partial charge in [-0.25, -0.2) is 14.5 Å². The summed E-state index contributed by atoms with van der Waals surface area (Å²) >= 11 is 1.65. The zero-order chi connectivity index (χ0) is 27.9. The molecular weight excluding hydrogens is 524 g/mol. The second-order valence-corrected chi connectivity index (χ2v) is 10.9. The van der Waals surface area contributed by atoms with Gasteiger partial charge in [0.25, 0.3) is 5.91 Å². The number of morpholine rings is 1. The average molecular weight is 563 g/mol. The van der Waals surface area contributed by atoms with E-state index >= 15 is 0 Å². The first-order valence-corrected chi connectivity index (χ1v) is 14.9. The Hall–Kier alpha value is -3.38. The number of thiophene rings is 1. The molecule has 40 heavy (non-hydrogen) atoms. The number of hydrogen-bond donors (Lipinski definition) is 2. The maximum Gasteiger partial charge on any atom is 0.251 e. The number of nitrogens with one attached hydrogen (secondary N) is 2. The van der Waals surface area contributed by atoms with Crippen LogP contribution in [0.5, 0.6) is 0 Å². The molecule has 1 amide bonds. The van der Waals surface area contributed by atoms with Gasteiger partial charge in [0.05, 0.1) is 41.2 Å². The predicted octanol–water partition coefficient (Wildman–Crippen LogP) is 3.72. The monoisotopic (exact) mass is 562 g/mol. The van der Waals surface area contributed by atoms with E-state index in [9.17, 15) is 4.79 Å². The minimum Gasteiger partial charge on any atom is -0.379 e. The van der Waals surface area contributed by atoms with Gasteiger partial charge in [0.15, 0.2) is 5.65 Å². The first-order chi connectivity index (χ1) is 19.6. The SMILES string of the molecule is CCN(CC)[C@@H](C)CNC(=O)c1cc(NCCN2CCOCC2)nc(-c2cnn3ccc(-c4cccs4)nc23)c1. The van der Waals surface area contributed by atoms with Gasteiger partial charge in [0.2, 0.25) is 0 Å². The van der Waals surface area contributed by atoms with Crippen LogP contribution in [0, 0.1) is 0 Å². The smallest absolute Gasteiger partial charge is 0.251 e. The number of ether oxygens (including phenoxy) is 1. The highest BCUT2D eigenvalue weighted by Crippen LogP contribution is 2.28. The Morgan fingerprint density at radius 2 is 1.98 bits per heavy atom. The van der Waals surface area contributed by atoms with Crippen LogP contribution < -0.4 is 10.6 Å². The fourth-order valence-corrected chi connectivity index (χ4v) is 5.68. The second kappa shape index (κ2) is 13.3. The number of hydrogen-bond acceptors (Lipinski definition) is 9. The highest BCUT2D eigenvalue weighted by Gasteiger charge is 2.18. The maximum absolute atomic E-state index is 13.4. The average Bonchev–Trinajstić information content (AvgIpc) is 3.67. The highest BCUT2D eigenvalue weighted by molar-refractivity contribution is 7.13. The molecule has 1 aliphatic heterocycles. The summed E-state index contributed by atoms with van der Waals surface area (Å²) in [4.78, 5) is 29.0. The molecule has 10 nitrogen and oxygen atoms in total. The summed E-state index contributed by atoms with van der Waals surface area (Å²) in [5.41, 5.74) is 3.57. The molecule has 1 aliphatic rings. The van der Waals surface area contributed by atoms with Crippen LogP contribution in [0.3, 0.4) is 0 Å². The Morgan fingerprint density at radius 1 is 1.15 bits per heavy atom. The van der Waals surface area contributed by atoms with Crippen molar-refractivity contribution in [3.05, 3.63) is 53.7 Å². The molecule has 0 aromatic carbocycles. The molecule has 2 N–H and O–H groups in total. The number of pyridine rings is 1. The number of nitrogens with zero attached hydrogens (tertiary/aromatic N) is 6. The van der Waals surface area contributed by atoms with Crippen LogP contribution in [0.15, 0.2) is 48.1 Å². The van der Waals surface area contributed by atoms with Gasteiger partial charge in [-0.3, -0.25) is 14.6 Å². The number of fused-ring (bicyclic) bond motifs is 1. The number of carbonyl (C=O) groups is 1. The van der Waals surface area contributed by atoms with Crippen LogP contribution in [0.25, 0.3) is 27.5 Å². The van der Waals surface area contributed by atoms with E-state index in [0.29, 0.717) is 35.8 Å². The molecule has 0 radical (unpaired) electrons. The van der Waals surface area contributed by atoms with Gasteiger partial charge in [-0.2, -0.15) is 5.10 Å². The zero-order valence-electron chi connectivity index (χ0n) is 23.5. The van der Waals surface area contributed by atoms with E-state index in [1.54, 1.807) is 22.0 Å². The van der Waals surface area contributed by atoms with Crippen LogP contribution >= 0.6 is 11.3 Å². The number of rotatable bonds is 12. The summed E-state index contributed by atoms with van der Waals surface area (Å²) in [5.74, 6) is 0.532. The topological polar surface area (TPSA) is 99.9 Å². The maximum atomic E-state index is 13.4. The van der Waals surface area contributed by atoms with Crippen LogP contribution in [0.2, 0.25) is 0 Å². The first kappa shape index (κ1) is 28.2. The lowest BCUT2D eigenvalue weighted by Crippen LogP contribution is -2.42. The quantitative estimate of drug-likeness (QED) is 0.270. The van der Waals surface area contributed by atoms with E-state index in [1.165, 1.54) is 0 Å². The van der Waals surface area contributed by atoms with Gasteiger partial charge in [0.1, 0.15) is 5.82 Å². The van der Waals surface area contributed by atoms with Crippen molar-refractivity contribution in [2.45, 2.75) is 26.8 Å². The van der Waals surface area contributed by atoms with E-state index < -0.39 is 0 Å². The molecule has 5 rings (SSSR count). The molecule has 1 atom stereocenters. The van der Waals surface area contributed by atoms with Crippen molar-refractivity contribution >= 4 is 28.7 Å². The molecule has 212 valence electrons. The summed E-state index contributed by atoms with van der Waals surface area (Å²) in [6, 6.07) is 9.94. The van der Waals surface area contributed by atoms with Crippen LogP contribution in [0.1, 0.15) is 31.1 Å². The Morgan fingerprint density at radius 3 is 2.73 bits per heavy atom. The number of carbonyl (C=O) groups excluding carboxylic acids is 1. The first-order valence-electron chi connectivity index (χ1n) is 14.0. The van der Waals surface area contributed by atoms with E-state index in [4.69, 9.17) is 14.7 Å². The number of anilines is 1.